The smallest absolute Gasteiger partial charge is 0.119 e. The Bertz CT molecular complexity index is 1280. The van der Waals surface area contributed by atoms with Crippen LogP contribution in [0.3, 0.4) is 0 Å². The number of hydrogen-bond acceptors (Lipinski definition) is 4. The molecule has 0 aliphatic carbocycles. The maximum Gasteiger partial charge on any atom is 0.119 e. The fourth-order valence-corrected chi connectivity index (χ4v) is 4.78. The molecule has 4 rings (SSSR count). The van der Waals surface area contributed by atoms with Gasteiger partial charge in [0, 0.05) is 12.4 Å². The summed E-state index contributed by atoms with van der Waals surface area (Å²) in [7, 11) is 0. The van der Waals surface area contributed by atoms with Crippen LogP contribution in [0.1, 0.15) is 87.5 Å². The van der Waals surface area contributed by atoms with Crippen molar-refractivity contribution in [2.45, 2.75) is 78.1 Å². The lowest BCUT2D eigenvalue weighted by atomic mass is 10.0. The van der Waals surface area contributed by atoms with Crippen LogP contribution >= 0.6 is 0 Å². The fourth-order valence-electron chi connectivity index (χ4n) is 4.78. The highest BCUT2D eigenvalue weighted by Crippen LogP contribution is 2.19. The summed E-state index contributed by atoms with van der Waals surface area (Å²) in [4.78, 5) is 9.27. The van der Waals surface area contributed by atoms with E-state index in [2.05, 4.69) is 96.6 Å². The number of ether oxygens (including phenoxy) is 2. The van der Waals surface area contributed by atoms with E-state index in [1.54, 1.807) is 0 Å². The molecule has 0 saturated heterocycles. The van der Waals surface area contributed by atoms with Crippen molar-refractivity contribution in [3.8, 4) is 11.5 Å². The minimum absolute atomic E-state index is 0.773. The molecular weight excluding hydrogens is 540 g/mol. The summed E-state index contributed by atoms with van der Waals surface area (Å²) in [5, 5.41) is 0. The van der Waals surface area contributed by atoms with Crippen molar-refractivity contribution in [1.29, 1.82) is 0 Å². The number of nitrogens with zero attached hydrogens (tertiary/aromatic N) is 2. The second-order valence-electron chi connectivity index (χ2n) is 11.3. The molecule has 4 nitrogen and oxygen atoms in total. The largest absolute Gasteiger partial charge is 0.494 e. The topological polar surface area (TPSA) is 43.2 Å². The molecule has 0 heterocycles. The highest BCUT2D eigenvalue weighted by Gasteiger charge is 1.99. The van der Waals surface area contributed by atoms with Crippen molar-refractivity contribution in [1.82, 2.24) is 0 Å². The quantitative estimate of drug-likeness (QED) is 0.0808. The first kappa shape index (κ1) is 32.7. The van der Waals surface area contributed by atoms with Gasteiger partial charge in [-0.1, -0.05) is 63.8 Å². The molecule has 4 aromatic rings. The summed E-state index contributed by atoms with van der Waals surface area (Å²) in [5.74, 6) is 1.84. The van der Waals surface area contributed by atoms with Gasteiger partial charge in [-0.3, -0.25) is 9.98 Å². The summed E-state index contributed by atoms with van der Waals surface area (Å²) in [6.07, 6.45) is 15.4. The van der Waals surface area contributed by atoms with Crippen LogP contribution < -0.4 is 9.47 Å². The predicted octanol–water partition coefficient (Wildman–Crippen LogP) is 10.9. The monoisotopic (exact) mass is 588 g/mol. The normalized spacial score (nSPS) is 11.4. The van der Waals surface area contributed by atoms with Crippen LogP contribution in [-0.2, 0) is 12.8 Å². The zero-order chi connectivity index (χ0) is 30.7. The van der Waals surface area contributed by atoms with Gasteiger partial charge in [0.25, 0.3) is 0 Å². The lowest BCUT2D eigenvalue weighted by molar-refractivity contribution is 0.309. The lowest BCUT2D eigenvalue weighted by Gasteiger charge is -2.05. The molecular formula is C40H48N2O2. The van der Waals surface area contributed by atoms with E-state index in [-0.39, 0.29) is 0 Å². The van der Waals surface area contributed by atoms with Crippen LogP contribution in [0.4, 0.5) is 11.4 Å². The Morgan fingerprint density at radius 3 is 1.20 bits per heavy atom. The van der Waals surface area contributed by atoms with Crippen LogP contribution in [-0.4, -0.2) is 25.6 Å². The maximum atomic E-state index is 5.73. The Morgan fingerprint density at radius 2 is 0.841 bits per heavy atom. The first-order valence-electron chi connectivity index (χ1n) is 16.4. The zero-order valence-corrected chi connectivity index (χ0v) is 26.6. The number of rotatable bonds is 19. The molecule has 0 fully saturated rings. The Hall–Kier alpha value is -4.18. The molecule has 0 aliphatic rings. The van der Waals surface area contributed by atoms with Crippen molar-refractivity contribution < 1.29 is 9.47 Å². The maximum absolute atomic E-state index is 5.73. The van der Waals surface area contributed by atoms with Gasteiger partial charge in [-0.15, -0.1) is 0 Å². The van der Waals surface area contributed by atoms with Crippen LogP contribution in [0.25, 0.3) is 0 Å². The standard InChI is InChI=1S/C40H48N2O2/c1-3-5-29-43-39-25-17-35(18-26-39)31-41-37-21-13-33(14-22-37)11-9-7-8-10-12-34-15-23-38(24-16-34)42-32-36-19-27-40(28-20-36)44-30-6-4-2/h13-28,31-32H,3-12,29-30H2,1-2H3. The minimum atomic E-state index is 0.773. The van der Waals surface area contributed by atoms with E-state index in [1.165, 1.54) is 36.8 Å². The second-order valence-corrected chi connectivity index (χ2v) is 11.3. The number of aryl methyl sites for hydroxylation is 2. The van der Waals surface area contributed by atoms with E-state index in [1.807, 2.05) is 36.7 Å². The first-order valence-corrected chi connectivity index (χ1v) is 16.4. The molecule has 0 spiro atoms. The number of aliphatic imine (C=N–C) groups is 2. The Labute approximate surface area is 264 Å². The summed E-state index contributed by atoms with van der Waals surface area (Å²) in [5.41, 5.74) is 6.88. The molecule has 4 heteroatoms. The molecule has 0 bridgehead atoms. The first-order chi connectivity index (χ1) is 21.7. The van der Waals surface area contributed by atoms with E-state index in [0.717, 1.165) is 85.7 Å². The molecule has 230 valence electrons. The van der Waals surface area contributed by atoms with Gasteiger partial charge in [-0.25, -0.2) is 0 Å². The van der Waals surface area contributed by atoms with Gasteiger partial charge >= 0.3 is 0 Å². The van der Waals surface area contributed by atoms with Gasteiger partial charge in [0.05, 0.1) is 24.6 Å². The number of benzene rings is 4. The van der Waals surface area contributed by atoms with E-state index < -0.39 is 0 Å². The molecule has 0 radical (unpaired) electrons. The molecule has 0 aromatic heterocycles. The summed E-state index contributed by atoms with van der Waals surface area (Å²) in [6.45, 7) is 5.89. The second kappa shape index (κ2) is 19.2. The molecule has 0 amide bonds. The average Bonchev–Trinajstić information content (AvgIpc) is 3.07. The molecule has 0 unspecified atom stereocenters. The SMILES string of the molecule is CCCCOc1ccc(C=Nc2ccc(CCCCCCc3ccc(N=Cc4ccc(OCCCC)cc4)cc3)cc2)cc1. The molecule has 0 saturated carbocycles. The van der Waals surface area contributed by atoms with E-state index in [4.69, 9.17) is 9.47 Å². The third-order valence-electron chi connectivity index (χ3n) is 7.57. The molecule has 4 aromatic carbocycles. The third-order valence-corrected chi connectivity index (χ3v) is 7.57. The zero-order valence-electron chi connectivity index (χ0n) is 26.6. The Morgan fingerprint density at radius 1 is 0.455 bits per heavy atom. The van der Waals surface area contributed by atoms with Gasteiger partial charge in [0.2, 0.25) is 0 Å². The van der Waals surface area contributed by atoms with Crippen molar-refractivity contribution in [3.05, 3.63) is 119 Å². The van der Waals surface area contributed by atoms with Gasteiger partial charge in [0.15, 0.2) is 0 Å². The van der Waals surface area contributed by atoms with Gasteiger partial charge in [0.1, 0.15) is 11.5 Å². The Kier molecular flexibility index (Phi) is 14.3. The van der Waals surface area contributed by atoms with E-state index >= 15 is 0 Å². The van der Waals surface area contributed by atoms with E-state index in [9.17, 15) is 0 Å². The summed E-state index contributed by atoms with van der Waals surface area (Å²) < 4.78 is 11.5. The number of unbranched alkanes of at least 4 members (excludes halogenated alkanes) is 5. The van der Waals surface area contributed by atoms with Gasteiger partial charge in [-0.2, -0.15) is 0 Å². The van der Waals surface area contributed by atoms with Crippen molar-refractivity contribution >= 4 is 23.8 Å². The molecule has 0 atom stereocenters. The van der Waals surface area contributed by atoms with Crippen molar-refractivity contribution in [2.24, 2.45) is 9.98 Å². The highest BCUT2D eigenvalue weighted by molar-refractivity contribution is 5.82. The van der Waals surface area contributed by atoms with Gasteiger partial charge < -0.3 is 9.47 Å². The predicted molar refractivity (Wildman–Crippen MR) is 187 cm³/mol. The highest BCUT2D eigenvalue weighted by atomic mass is 16.5. The average molecular weight is 589 g/mol. The molecule has 0 aliphatic heterocycles. The minimum Gasteiger partial charge on any atom is -0.494 e. The van der Waals surface area contributed by atoms with E-state index in [0.29, 0.717) is 0 Å². The lowest BCUT2D eigenvalue weighted by Crippen LogP contribution is -1.96. The molecule has 44 heavy (non-hydrogen) atoms. The van der Waals surface area contributed by atoms with Gasteiger partial charge in [-0.05, 0) is 134 Å². The molecule has 0 N–H and O–H groups in total. The summed E-state index contributed by atoms with van der Waals surface area (Å²) >= 11 is 0. The van der Waals surface area contributed by atoms with Crippen LogP contribution in [0, 0.1) is 0 Å². The Balaban J connectivity index is 1.09. The van der Waals surface area contributed by atoms with Crippen molar-refractivity contribution in [2.75, 3.05) is 13.2 Å². The van der Waals surface area contributed by atoms with Crippen LogP contribution in [0.5, 0.6) is 11.5 Å². The van der Waals surface area contributed by atoms with Crippen molar-refractivity contribution in [3.63, 3.8) is 0 Å². The van der Waals surface area contributed by atoms with Crippen LogP contribution in [0.15, 0.2) is 107 Å². The third kappa shape index (κ3) is 12.2. The summed E-state index contributed by atoms with van der Waals surface area (Å²) in [6, 6.07) is 33.5. The fraction of sp³-hybridized carbons (Fsp3) is 0.350. The number of hydrogen-bond donors (Lipinski definition) is 0. The van der Waals surface area contributed by atoms with Crippen LogP contribution in [0.2, 0.25) is 0 Å².